The number of likely N-dealkylation sites (tertiary alicyclic amines) is 1. The molecule has 0 aromatic heterocycles. The summed E-state index contributed by atoms with van der Waals surface area (Å²) in [5, 5.41) is 1.35. The lowest BCUT2D eigenvalue weighted by molar-refractivity contribution is 0.00578. The van der Waals surface area contributed by atoms with Gasteiger partial charge in [-0.3, -0.25) is 4.90 Å². The zero-order chi connectivity index (χ0) is 22.3. The molecule has 31 heavy (non-hydrogen) atoms. The first-order valence-electron chi connectivity index (χ1n) is 11.8. The molecule has 5 heteroatoms. The fourth-order valence-electron chi connectivity index (χ4n) is 5.49. The summed E-state index contributed by atoms with van der Waals surface area (Å²) in [5.41, 5.74) is 0.701. The van der Waals surface area contributed by atoms with Crippen LogP contribution in [0.1, 0.15) is 52.5 Å². The normalized spacial score (nSPS) is 26.2. The Morgan fingerprint density at radius 2 is 1.39 bits per heavy atom. The number of piperidine rings is 1. The fourth-order valence-corrected chi connectivity index (χ4v) is 9.51. The molecule has 166 valence electrons. The number of hydrogen-bond donors (Lipinski definition) is 0. The maximum absolute atomic E-state index is 6.85. The first-order valence-corrected chi connectivity index (χ1v) is 14.8. The van der Waals surface area contributed by atoms with Crippen molar-refractivity contribution in [2.45, 2.75) is 82.9 Å². The van der Waals surface area contributed by atoms with Crippen LogP contribution in [-0.2, 0) is 15.9 Å². The van der Waals surface area contributed by atoms with E-state index in [0.717, 1.165) is 19.5 Å². The predicted octanol–water partition coefficient (Wildman–Crippen LogP) is 5.20. The molecule has 2 aromatic carbocycles. The maximum atomic E-state index is 6.85. The van der Waals surface area contributed by atoms with E-state index in [1.165, 1.54) is 23.6 Å². The van der Waals surface area contributed by atoms with Crippen LogP contribution in [0.25, 0.3) is 0 Å². The predicted molar refractivity (Wildman–Crippen MR) is 133 cm³/mol. The minimum Gasteiger partial charge on any atom is -0.402 e. The molecule has 2 heterocycles. The van der Waals surface area contributed by atoms with Crippen molar-refractivity contribution < 1.29 is 9.31 Å². The Hall–Kier alpha value is -1.40. The number of hydrogen-bond acceptors (Lipinski definition) is 3. The van der Waals surface area contributed by atoms with Gasteiger partial charge in [0.2, 0.25) is 0 Å². The topological polar surface area (TPSA) is 21.7 Å². The molecule has 0 bridgehead atoms. The molecule has 0 amide bonds. The van der Waals surface area contributed by atoms with Crippen LogP contribution in [-0.4, -0.2) is 42.9 Å². The second kappa shape index (κ2) is 8.18. The van der Waals surface area contributed by atoms with Gasteiger partial charge in [0.15, 0.2) is 0 Å². The van der Waals surface area contributed by atoms with E-state index in [1.54, 1.807) is 0 Å². The summed E-state index contributed by atoms with van der Waals surface area (Å²) in [6.45, 7) is 15.8. The highest BCUT2D eigenvalue weighted by atomic mass is 28.3. The molecule has 0 aliphatic carbocycles. The van der Waals surface area contributed by atoms with Crippen LogP contribution in [0.5, 0.6) is 0 Å². The van der Waals surface area contributed by atoms with Crippen molar-refractivity contribution in [2.75, 3.05) is 6.54 Å². The third-order valence-electron chi connectivity index (χ3n) is 8.24. The van der Waals surface area contributed by atoms with Crippen molar-refractivity contribution in [3.63, 3.8) is 0 Å². The van der Waals surface area contributed by atoms with Crippen molar-refractivity contribution in [1.82, 2.24) is 4.90 Å². The van der Waals surface area contributed by atoms with Crippen LogP contribution in [0.2, 0.25) is 13.1 Å². The lowest BCUT2D eigenvalue weighted by atomic mass is 9.71. The summed E-state index contributed by atoms with van der Waals surface area (Å²) in [6, 6.07) is 22.1. The summed E-state index contributed by atoms with van der Waals surface area (Å²) in [4.78, 5) is 2.73. The van der Waals surface area contributed by atoms with Gasteiger partial charge in [-0.25, -0.2) is 0 Å². The van der Waals surface area contributed by atoms with Gasteiger partial charge in [0.1, 0.15) is 8.07 Å². The molecule has 0 spiro atoms. The molecule has 2 aromatic rings. The summed E-state index contributed by atoms with van der Waals surface area (Å²) in [7, 11) is -2.29. The van der Waals surface area contributed by atoms with Gasteiger partial charge in [-0.1, -0.05) is 85.4 Å². The van der Waals surface area contributed by atoms with Crippen LogP contribution in [0.3, 0.4) is 0 Å². The Balaban J connectivity index is 1.84. The second-order valence-electron chi connectivity index (χ2n) is 10.9. The molecule has 0 saturated carbocycles. The molecule has 1 atom stereocenters. The van der Waals surface area contributed by atoms with E-state index in [2.05, 4.69) is 106 Å². The van der Waals surface area contributed by atoms with Crippen molar-refractivity contribution in [2.24, 2.45) is 0 Å². The molecule has 0 radical (unpaired) electrons. The summed E-state index contributed by atoms with van der Waals surface area (Å²) in [5.74, 6) is 0. The Kier molecular flexibility index (Phi) is 6.01. The standard InChI is InChI=1S/C26H38BNO2Si/c1-24(2)25(3,4)30-27(29-24)26(31(5,6)23-17-11-8-12-18-23)19-13-14-20-28(26)21-22-15-9-7-10-16-22/h7-12,15-18H,13-14,19-21H2,1-6H3. The van der Waals surface area contributed by atoms with Gasteiger partial charge in [0.25, 0.3) is 0 Å². The van der Waals surface area contributed by atoms with E-state index < -0.39 is 8.07 Å². The average molecular weight is 435 g/mol. The molecule has 2 aliphatic rings. The molecular weight excluding hydrogens is 397 g/mol. The van der Waals surface area contributed by atoms with Gasteiger partial charge >= 0.3 is 7.12 Å². The fraction of sp³-hybridized carbons (Fsp3) is 0.538. The molecule has 0 N–H and O–H groups in total. The molecule has 1 unspecified atom stereocenters. The molecule has 2 fully saturated rings. The van der Waals surface area contributed by atoms with Gasteiger partial charge < -0.3 is 9.31 Å². The highest BCUT2D eigenvalue weighted by molar-refractivity contribution is 6.99. The third-order valence-corrected chi connectivity index (χ3v) is 13.0. The van der Waals surface area contributed by atoms with Gasteiger partial charge in [0, 0.05) is 6.54 Å². The van der Waals surface area contributed by atoms with Crippen LogP contribution in [0, 0.1) is 0 Å². The van der Waals surface area contributed by atoms with E-state index in [4.69, 9.17) is 9.31 Å². The SMILES string of the molecule is CC1(C)OB(C2([Si](C)(C)c3ccccc3)CCCCN2Cc2ccccc2)OC1(C)C. The lowest BCUT2D eigenvalue weighted by Gasteiger charge is -2.56. The van der Waals surface area contributed by atoms with Gasteiger partial charge in [-0.15, -0.1) is 0 Å². The quantitative estimate of drug-likeness (QED) is 0.603. The van der Waals surface area contributed by atoms with Crippen LogP contribution in [0.15, 0.2) is 60.7 Å². The van der Waals surface area contributed by atoms with E-state index in [1.807, 2.05) is 0 Å². The third kappa shape index (κ3) is 3.84. The Morgan fingerprint density at radius 1 is 0.839 bits per heavy atom. The highest BCUT2D eigenvalue weighted by Gasteiger charge is 2.67. The zero-order valence-corrected chi connectivity index (χ0v) is 21.2. The average Bonchev–Trinajstić information content (AvgIpc) is 2.97. The van der Waals surface area contributed by atoms with Crippen LogP contribution < -0.4 is 5.19 Å². The van der Waals surface area contributed by atoms with E-state index in [9.17, 15) is 0 Å². The lowest BCUT2D eigenvalue weighted by Crippen LogP contribution is -2.78. The van der Waals surface area contributed by atoms with Gasteiger partial charge in [-0.05, 0) is 52.6 Å². The Labute approximate surface area is 190 Å². The van der Waals surface area contributed by atoms with Gasteiger partial charge in [0.05, 0.1) is 16.3 Å². The van der Waals surface area contributed by atoms with Crippen LogP contribution >= 0.6 is 0 Å². The smallest absolute Gasteiger partial charge is 0.402 e. The minimum atomic E-state index is -2.06. The Bertz CT molecular complexity index is 871. The van der Waals surface area contributed by atoms with Crippen molar-refractivity contribution in [3.05, 3.63) is 66.2 Å². The minimum absolute atomic E-state index is 0.131. The van der Waals surface area contributed by atoms with Gasteiger partial charge in [-0.2, -0.15) is 0 Å². The number of nitrogens with zero attached hydrogens (tertiary/aromatic N) is 1. The molecule has 3 nitrogen and oxygen atoms in total. The monoisotopic (exact) mass is 435 g/mol. The van der Waals surface area contributed by atoms with Crippen molar-refractivity contribution in [3.8, 4) is 0 Å². The summed E-state index contributed by atoms with van der Waals surface area (Å²) in [6.07, 6.45) is 3.57. The maximum Gasteiger partial charge on any atom is 0.476 e. The number of benzene rings is 2. The largest absolute Gasteiger partial charge is 0.476 e. The molecule has 4 rings (SSSR count). The van der Waals surface area contributed by atoms with E-state index >= 15 is 0 Å². The molecule has 2 aliphatic heterocycles. The first-order chi connectivity index (χ1) is 14.6. The highest BCUT2D eigenvalue weighted by Crippen LogP contribution is 2.47. The summed E-state index contributed by atoms with van der Waals surface area (Å²) >= 11 is 0. The van der Waals surface area contributed by atoms with Crippen molar-refractivity contribution >= 4 is 20.4 Å². The zero-order valence-electron chi connectivity index (χ0n) is 20.2. The van der Waals surface area contributed by atoms with E-state index in [-0.39, 0.29) is 23.4 Å². The molecule has 2 saturated heterocycles. The summed E-state index contributed by atoms with van der Waals surface area (Å²) < 4.78 is 13.7. The first kappa shape index (κ1) is 22.8. The Morgan fingerprint density at radius 3 is 1.97 bits per heavy atom. The molecular formula is C26H38BNO2Si. The van der Waals surface area contributed by atoms with Crippen molar-refractivity contribution in [1.29, 1.82) is 0 Å². The second-order valence-corrected chi connectivity index (χ2v) is 15.6. The number of rotatable bonds is 5. The van der Waals surface area contributed by atoms with Crippen LogP contribution in [0.4, 0.5) is 0 Å². The van der Waals surface area contributed by atoms with E-state index in [0.29, 0.717) is 0 Å².